The summed E-state index contributed by atoms with van der Waals surface area (Å²) < 4.78 is 27.2. The summed E-state index contributed by atoms with van der Waals surface area (Å²) in [5.41, 5.74) is -0.860. The van der Waals surface area contributed by atoms with E-state index in [9.17, 15) is 13.6 Å². The molecule has 3 nitrogen and oxygen atoms in total. The Morgan fingerprint density at radius 3 is 2.45 bits per heavy atom. The van der Waals surface area contributed by atoms with Crippen LogP contribution in [0.25, 0.3) is 0 Å². The van der Waals surface area contributed by atoms with Gasteiger partial charge in [0.05, 0.1) is 5.41 Å². The maximum atomic E-state index is 13.6. The highest BCUT2D eigenvalue weighted by Crippen LogP contribution is 2.35. The number of amides is 1. The lowest BCUT2D eigenvalue weighted by Crippen LogP contribution is -2.45. The van der Waals surface area contributed by atoms with E-state index < -0.39 is 17.0 Å². The first kappa shape index (κ1) is 14.9. The summed E-state index contributed by atoms with van der Waals surface area (Å²) >= 11 is 0. The van der Waals surface area contributed by atoms with Gasteiger partial charge >= 0.3 is 0 Å². The fourth-order valence-corrected chi connectivity index (χ4v) is 2.84. The number of nitrogens with one attached hydrogen (secondary N) is 2. The fourth-order valence-electron chi connectivity index (χ4n) is 2.84. The second kappa shape index (κ2) is 6.31. The normalized spacial score (nSPS) is 17.8. The molecule has 1 saturated heterocycles. The number of rotatable bonds is 4. The molecule has 1 amide bonds. The van der Waals surface area contributed by atoms with Crippen molar-refractivity contribution in [3.63, 3.8) is 0 Å². The summed E-state index contributed by atoms with van der Waals surface area (Å²) in [6.45, 7) is 3.53. The van der Waals surface area contributed by atoms with Gasteiger partial charge in [-0.15, -0.1) is 0 Å². The third-order valence-electron chi connectivity index (χ3n) is 3.97. The molecule has 0 bridgehead atoms. The molecular formula is C15H20F2N2O. The second-order valence-electron chi connectivity index (χ2n) is 5.33. The summed E-state index contributed by atoms with van der Waals surface area (Å²) in [6.07, 6.45) is 3.00. The molecule has 1 aliphatic heterocycles. The van der Waals surface area contributed by atoms with Crippen LogP contribution >= 0.6 is 0 Å². The van der Waals surface area contributed by atoms with E-state index in [1.54, 1.807) is 0 Å². The molecule has 1 fully saturated rings. The zero-order valence-corrected chi connectivity index (χ0v) is 11.6. The van der Waals surface area contributed by atoms with Crippen molar-refractivity contribution in [2.75, 3.05) is 18.4 Å². The number of halogens is 2. The third-order valence-corrected chi connectivity index (χ3v) is 3.97. The van der Waals surface area contributed by atoms with Crippen LogP contribution in [0.2, 0.25) is 0 Å². The van der Waals surface area contributed by atoms with Gasteiger partial charge in [-0.2, -0.15) is 0 Å². The highest BCUT2D eigenvalue weighted by Gasteiger charge is 2.39. The van der Waals surface area contributed by atoms with Crippen LogP contribution in [0.3, 0.4) is 0 Å². The number of anilines is 1. The van der Waals surface area contributed by atoms with Gasteiger partial charge in [0.2, 0.25) is 5.91 Å². The minimum Gasteiger partial charge on any atom is -0.321 e. The summed E-state index contributed by atoms with van der Waals surface area (Å²) in [4.78, 5) is 12.5. The van der Waals surface area contributed by atoms with Gasteiger partial charge in [-0.1, -0.05) is 19.4 Å². The number of hydrogen-bond acceptors (Lipinski definition) is 2. The number of hydrogen-bond donors (Lipinski definition) is 2. The summed E-state index contributed by atoms with van der Waals surface area (Å²) in [5.74, 6) is -1.75. The molecular weight excluding hydrogens is 262 g/mol. The highest BCUT2D eigenvalue weighted by molar-refractivity contribution is 5.95. The molecule has 0 spiro atoms. The van der Waals surface area contributed by atoms with E-state index in [0.29, 0.717) is 12.8 Å². The Morgan fingerprint density at radius 1 is 1.30 bits per heavy atom. The molecule has 0 aliphatic carbocycles. The number of carbonyl (C=O) groups excluding carboxylic acids is 1. The molecule has 20 heavy (non-hydrogen) atoms. The Labute approximate surface area is 117 Å². The average molecular weight is 282 g/mol. The molecule has 0 atom stereocenters. The van der Waals surface area contributed by atoms with Crippen molar-refractivity contribution < 1.29 is 13.6 Å². The van der Waals surface area contributed by atoms with Crippen LogP contribution in [0.1, 0.15) is 32.6 Å². The van der Waals surface area contributed by atoms with Crippen LogP contribution < -0.4 is 10.6 Å². The van der Waals surface area contributed by atoms with Crippen LogP contribution in [0, 0.1) is 17.0 Å². The molecule has 0 unspecified atom stereocenters. The van der Waals surface area contributed by atoms with Gasteiger partial charge in [0.25, 0.3) is 0 Å². The molecule has 0 aromatic heterocycles. The lowest BCUT2D eigenvalue weighted by molar-refractivity contribution is -0.127. The van der Waals surface area contributed by atoms with E-state index in [1.807, 2.05) is 6.92 Å². The van der Waals surface area contributed by atoms with Gasteiger partial charge in [0, 0.05) is 0 Å². The number of para-hydroxylation sites is 1. The maximum absolute atomic E-state index is 13.6. The zero-order valence-electron chi connectivity index (χ0n) is 11.6. The first-order valence-corrected chi connectivity index (χ1v) is 7.05. The molecule has 110 valence electrons. The predicted octanol–water partition coefficient (Wildman–Crippen LogP) is 3.07. The van der Waals surface area contributed by atoms with Gasteiger partial charge in [0.1, 0.15) is 17.3 Å². The molecule has 1 heterocycles. The SMILES string of the molecule is CCCC1(C(=O)Nc2c(F)cccc2F)CCNCC1. The number of piperidine rings is 1. The van der Waals surface area contributed by atoms with Gasteiger partial charge < -0.3 is 10.6 Å². The summed E-state index contributed by atoms with van der Waals surface area (Å²) in [7, 11) is 0. The van der Waals surface area contributed by atoms with E-state index in [-0.39, 0.29) is 11.6 Å². The Morgan fingerprint density at radius 2 is 1.90 bits per heavy atom. The number of carbonyl (C=O) groups is 1. The Kier molecular flexibility index (Phi) is 4.70. The predicted molar refractivity (Wildman–Crippen MR) is 74.4 cm³/mol. The fraction of sp³-hybridized carbons (Fsp3) is 0.533. The van der Waals surface area contributed by atoms with Crippen molar-refractivity contribution in [2.24, 2.45) is 5.41 Å². The smallest absolute Gasteiger partial charge is 0.230 e. The van der Waals surface area contributed by atoms with Crippen LogP contribution in [0.15, 0.2) is 18.2 Å². The third kappa shape index (κ3) is 2.98. The monoisotopic (exact) mass is 282 g/mol. The number of benzene rings is 1. The highest BCUT2D eigenvalue weighted by atomic mass is 19.1. The van der Waals surface area contributed by atoms with Crippen LogP contribution in [0.5, 0.6) is 0 Å². The zero-order chi connectivity index (χ0) is 14.6. The van der Waals surface area contributed by atoms with Gasteiger partial charge in [-0.05, 0) is 44.5 Å². The Hall–Kier alpha value is -1.49. The van der Waals surface area contributed by atoms with Crippen molar-refractivity contribution >= 4 is 11.6 Å². The first-order valence-electron chi connectivity index (χ1n) is 7.05. The largest absolute Gasteiger partial charge is 0.321 e. The van der Waals surface area contributed by atoms with Gasteiger partial charge in [0.15, 0.2) is 0 Å². The molecule has 0 radical (unpaired) electrons. The van der Waals surface area contributed by atoms with Crippen LogP contribution in [-0.4, -0.2) is 19.0 Å². The molecule has 0 saturated carbocycles. The van der Waals surface area contributed by atoms with Crippen molar-refractivity contribution in [1.29, 1.82) is 0 Å². The lowest BCUT2D eigenvalue weighted by Gasteiger charge is -2.36. The van der Waals surface area contributed by atoms with E-state index in [2.05, 4.69) is 10.6 Å². The molecule has 1 aromatic carbocycles. The minimum absolute atomic E-state index is 0.273. The molecule has 5 heteroatoms. The van der Waals surface area contributed by atoms with Crippen molar-refractivity contribution in [3.8, 4) is 0 Å². The van der Waals surface area contributed by atoms with Gasteiger partial charge in [-0.25, -0.2) is 8.78 Å². The standard InChI is InChI=1S/C15H20F2N2O/c1-2-6-15(7-9-18-10-8-15)14(20)19-13-11(16)4-3-5-12(13)17/h3-5,18H,2,6-10H2,1H3,(H,19,20). The maximum Gasteiger partial charge on any atom is 0.230 e. The Bertz CT molecular complexity index is 459. The van der Waals surface area contributed by atoms with E-state index >= 15 is 0 Å². The van der Waals surface area contributed by atoms with Gasteiger partial charge in [-0.3, -0.25) is 4.79 Å². The average Bonchev–Trinajstić information content (AvgIpc) is 2.44. The minimum atomic E-state index is -0.737. The summed E-state index contributed by atoms with van der Waals surface area (Å²) in [6, 6.07) is 3.58. The second-order valence-corrected chi connectivity index (χ2v) is 5.33. The topological polar surface area (TPSA) is 41.1 Å². The van der Waals surface area contributed by atoms with E-state index in [0.717, 1.165) is 38.1 Å². The molecule has 1 aromatic rings. The molecule has 1 aliphatic rings. The molecule has 2 N–H and O–H groups in total. The van der Waals surface area contributed by atoms with E-state index in [1.165, 1.54) is 6.07 Å². The van der Waals surface area contributed by atoms with Crippen LogP contribution in [-0.2, 0) is 4.79 Å². The van der Waals surface area contributed by atoms with E-state index in [4.69, 9.17) is 0 Å². The summed E-state index contributed by atoms with van der Waals surface area (Å²) in [5, 5.41) is 5.67. The van der Waals surface area contributed by atoms with Crippen molar-refractivity contribution in [2.45, 2.75) is 32.6 Å². The lowest BCUT2D eigenvalue weighted by atomic mass is 9.74. The van der Waals surface area contributed by atoms with Crippen molar-refractivity contribution in [3.05, 3.63) is 29.8 Å². The quantitative estimate of drug-likeness (QED) is 0.891. The molecule has 2 rings (SSSR count). The van der Waals surface area contributed by atoms with Crippen LogP contribution in [0.4, 0.5) is 14.5 Å². The first-order chi connectivity index (χ1) is 9.59. The van der Waals surface area contributed by atoms with Crippen molar-refractivity contribution in [1.82, 2.24) is 5.32 Å². The Balaban J connectivity index is 2.20.